The third-order valence-electron chi connectivity index (χ3n) is 7.14. The lowest BCUT2D eigenvalue weighted by Crippen LogP contribution is -3.12. The van der Waals surface area contributed by atoms with Crippen LogP contribution in [0.4, 0.5) is 0 Å². The van der Waals surface area contributed by atoms with E-state index in [9.17, 15) is 19.8 Å². The number of quaternary nitrogens is 2. The van der Waals surface area contributed by atoms with Gasteiger partial charge in [-0.15, -0.1) is 0 Å². The van der Waals surface area contributed by atoms with E-state index in [2.05, 4.69) is 41.5 Å². The SMILES string of the molecule is CCCC[NH+](CCCC)CCCC.CCCC[NH+](CCCC)CCCC.NC1(C(=O)[O-])C=CC(C(=O)[O-])=CC1. The number of nitrogens with one attached hydrogen (secondary N) is 2. The van der Waals surface area contributed by atoms with Gasteiger partial charge in [-0.25, -0.2) is 0 Å². The lowest BCUT2D eigenvalue weighted by molar-refractivity contribution is -0.900. The first kappa shape index (κ1) is 39.4. The molecule has 0 spiro atoms. The molecule has 0 saturated heterocycles. The predicted molar refractivity (Wildman–Crippen MR) is 159 cm³/mol. The second-order valence-electron chi connectivity index (χ2n) is 10.9. The standard InChI is InChI=1S/2C12H27N.C8H9NO4/c2*1-4-7-10-13(11-8-5-2)12-9-6-3;9-8(7(12)13)3-1-5(2-4-8)6(10)11/h2*4-12H2,1-3H3;1-3H,4,9H2,(H,10,11)(H,12,13). The fraction of sp³-hybridized carbons (Fsp3) is 0.812. The van der Waals surface area contributed by atoms with Crippen molar-refractivity contribution in [1.29, 1.82) is 0 Å². The molecule has 0 aromatic carbocycles. The summed E-state index contributed by atoms with van der Waals surface area (Å²) in [6.45, 7) is 22.1. The molecular formula is C32H63N3O4. The van der Waals surface area contributed by atoms with Crippen LogP contribution in [-0.4, -0.2) is 56.7 Å². The molecule has 0 radical (unpaired) electrons. The van der Waals surface area contributed by atoms with E-state index < -0.39 is 17.5 Å². The molecule has 0 heterocycles. The lowest BCUT2D eigenvalue weighted by Gasteiger charge is -2.28. The van der Waals surface area contributed by atoms with Gasteiger partial charge in [0.25, 0.3) is 0 Å². The van der Waals surface area contributed by atoms with Crippen molar-refractivity contribution < 1.29 is 29.6 Å². The first-order chi connectivity index (χ1) is 18.6. The molecule has 0 aromatic rings. The zero-order chi connectivity index (χ0) is 29.9. The molecule has 39 heavy (non-hydrogen) atoms. The third-order valence-corrected chi connectivity index (χ3v) is 7.14. The van der Waals surface area contributed by atoms with Crippen LogP contribution in [0.2, 0.25) is 0 Å². The number of hydrogen-bond acceptors (Lipinski definition) is 5. The number of aliphatic carboxylic acids is 2. The van der Waals surface area contributed by atoms with Gasteiger partial charge >= 0.3 is 0 Å². The zero-order valence-corrected chi connectivity index (χ0v) is 26.4. The normalized spacial score (nSPS) is 16.3. The average molecular weight is 554 g/mol. The highest BCUT2D eigenvalue weighted by Gasteiger charge is 2.24. The van der Waals surface area contributed by atoms with E-state index in [1.165, 1.54) is 122 Å². The van der Waals surface area contributed by atoms with Gasteiger partial charge in [0.15, 0.2) is 0 Å². The van der Waals surface area contributed by atoms with Crippen molar-refractivity contribution in [2.45, 2.75) is 131 Å². The number of carbonyl (C=O) groups is 2. The summed E-state index contributed by atoms with van der Waals surface area (Å²) in [5, 5.41) is 20.8. The Kier molecular flexibility index (Phi) is 26.8. The van der Waals surface area contributed by atoms with Crippen LogP contribution in [0.15, 0.2) is 23.8 Å². The lowest BCUT2D eigenvalue weighted by atomic mass is 9.90. The largest absolute Gasteiger partial charge is 0.548 e. The first-order valence-corrected chi connectivity index (χ1v) is 15.9. The quantitative estimate of drug-likeness (QED) is 0.212. The number of nitrogens with two attached hydrogens (primary N) is 1. The van der Waals surface area contributed by atoms with Gasteiger partial charge in [-0.2, -0.15) is 0 Å². The van der Waals surface area contributed by atoms with E-state index in [0.717, 1.165) is 12.2 Å². The highest BCUT2D eigenvalue weighted by atomic mass is 16.4. The number of rotatable bonds is 20. The molecular weight excluding hydrogens is 490 g/mol. The first-order valence-electron chi connectivity index (χ1n) is 15.9. The Labute approximate surface area is 240 Å². The van der Waals surface area contributed by atoms with Gasteiger partial charge < -0.3 is 35.3 Å². The van der Waals surface area contributed by atoms with Crippen LogP contribution in [0.25, 0.3) is 0 Å². The molecule has 230 valence electrons. The van der Waals surface area contributed by atoms with Gasteiger partial charge in [-0.05, 0) is 50.5 Å². The molecule has 0 fully saturated rings. The van der Waals surface area contributed by atoms with Gasteiger partial charge in [0.2, 0.25) is 0 Å². The highest BCUT2D eigenvalue weighted by molar-refractivity contribution is 5.90. The molecule has 1 unspecified atom stereocenters. The Morgan fingerprint density at radius 2 is 1.00 bits per heavy atom. The van der Waals surface area contributed by atoms with Gasteiger partial charge in [0, 0.05) is 0 Å². The molecule has 7 heteroatoms. The second kappa shape index (κ2) is 26.5. The summed E-state index contributed by atoms with van der Waals surface area (Å²) < 4.78 is 0. The monoisotopic (exact) mass is 553 g/mol. The Balaban J connectivity index is 0. The minimum Gasteiger partial charge on any atom is -0.548 e. The van der Waals surface area contributed by atoms with Gasteiger partial charge in [-0.3, -0.25) is 0 Å². The predicted octanol–water partition coefficient (Wildman–Crippen LogP) is 1.61. The number of carbonyl (C=O) groups excluding carboxylic acids is 2. The van der Waals surface area contributed by atoms with Crippen molar-refractivity contribution in [3.05, 3.63) is 23.8 Å². The maximum atomic E-state index is 10.5. The molecule has 1 atom stereocenters. The van der Waals surface area contributed by atoms with Crippen molar-refractivity contribution in [2.75, 3.05) is 39.3 Å². The number of hydrogen-bond donors (Lipinski definition) is 3. The Hall–Kier alpha value is -1.70. The van der Waals surface area contributed by atoms with Crippen molar-refractivity contribution in [3.8, 4) is 0 Å². The van der Waals surface area contributed by atoms with E-state index in [-0.39, 0.29) is 12.0 Å². The van der Waals surface area contributed by atoms with E-state index in [1.54, 1.807) is 0 Å². The van der Waals surface area contributed by atoms with Crippen LogP contribution >= 0.6 is 0 Å². The van der Waals surface area contributed by atoms with Crippen molar-refractivity contribution >= 4 is 11.9 Å². The van der Waals surface area contributed by atoms with Crippen molar-refractivity contribution in [1.82, 2.24) is 0 Å². The topological polar surface area (TPSA) is 115 Å². The summed E-state index contributed by atoms with van der Waals surface area (Å²) in [5.74, 6) is -2.78. The van der Waals surface area contributed by atoms with Crippen LogP contribution in [0.3, 0.4) is 0 Å². The smallest absolute Gasteiger partial charge is 0.0780 e. The van der Waals surface area contributed by atoms with E-state index in [1.807, 2.05) is 9.80 Å². The van der Waals surface area contributed by atoms with Gasteiger partial charge in [0.05, 0.1) is 56.7 Å². The van der Waals surface area contributed by atoms with Gasteiger partial charge in [-0.1, -0.05) is 98.3 Å². The van der Waals surface area contributed by atoms with E-state index in [0.29, 0.717) is 0 Å². The Morgan fingerprint density at radius 3 is 1.18 bits per heavy atom. The molecule has 4 N–H and O–H groups in total. The number of unbranched alkanes of at least 4 members (excludes halogenated alkanes) is 6. The Bertz CT molecular complexity index is 604. The summed E-state index contributed by atoms with van der Waals surface area (Å²) in [7, 11) is 0. The Morgan fingerprint density at radius 1 is 0.692 bits per heavy atom. The average Bonchev–Trinajstić information content (AvgIpc) is 2.93. The molecule has 0 saturated carbocycles. The zero-order valence-electron chi connectivity index (χ0n) is 26.4. The maximum absolute atomic E-state index is 10.5. The van der Waals surface area contributed by atoms with Crippen molar-refractivity contribution in [2.24, 2.45) is 5.73 Å². The van der Waals surface area contributed by atoms with Crippen LogP contribution in [-0.2, 0) is 9.59 Å². The second-order valence-corrected chi connectivity index (χ2v) is 10.9. The molecule has 0 amide bonds. The fourth-order valence-corrected chi connectivity index (χ4v) is 4.27. The van der Waals surface area contributed by atoms with E-state index >= 15 is 0 Å². The maximum Gasteiger partial charge on any atom is 0.0780 e. The molecule has 1 rings (SSSR count). The minimum absolute atomic E-state index is 0.0673. The molecule has 1 aliphatic carbocycles. The van der Waals surface area contributed by atoms with Crippen molar-refractivity contribution in [3.63, 3.8) is 0 Å². The number of carboxylic acids is 2. The third kappa shape index (κ3) is 21.8. The van der Waals surface area contributed by atoms with E-state index in [4.69, 9.17) is 5.73 Å². The van der Waals surface area contributed by atoms with Crippen LogP contribution < -0.4 is 25.7 Å². The fourth-order valence-electron chi connectivity index (χ4n) is 4.27. The molecule has 0 bridgehead atoms. The van der Waals surface area contributed by atoms with Crippen LogP contribution in [0, 0.1) is 0 Å². The van der Waals surface area contributed by atoms with Crippen LogP contribution in [0.5, 0.6) is 0 Å². The molecule has 7 nitrogen and oxygen atoms in total. The summed E-state index contributed by atoms with van der Waals surface area (Å²) in [6.07, 6.45) is 19.8. The summed E-state index contributed by atoms with van der Waals surface area (Å²) in [4.78, 5) is 24.5. The molecule has 1 aliphatic rings. The summed E-state index contributed by atoms with van der Waals surface area (Å²) >= 11 is 0. The summed E-state index contributed by atoms with van der Waals surface area (Å²) in [6, 6.07) is 0. The molecule has 0 aliphatic heterocycles. The highest BCUT2D eigenvalue weighted by Crippen LogP contribution is 2.17. The molecule has 0 aromatic heterocycles. The minimum atomic E-state index is -1.60. The summed E-state index contributed by atoms with van der Waals surface area (Å²) in [5.41, 5.74) is 3.69. The number of carboxylic acid groups (broad SMARTS) is 2. The van der Waals surface area contributed by atoms with Crippen LogP contribution in [0.1, 0.15) is 125 Å². The van der Waals surface area contributed by atoms with Gasteiger partial charge in [0.1, 0.15) is 0 Å².